The highest BCUT2D eigenvalue weighted by Crippen LogP contribution is 2.21. The number of furan rings is 1. The number of rotatable bonds is 5. The van der Waals surface area contributed by atoms with Crippen molar-refractivity contribution in [1.29, 1.82) is 0 Å². The van der Waals surface area contributed by atoms with Crippen LogP contribution in [0.5, 0.6) is 0 Å². The van der Waals surface area contributed by atoms with Crippen LogP contribution in [0.25, 0.3) is 16.9 Å². The molecule has 5 rings (SSSR count). The number of aromatic nitrogens is 3. The van der Waals surface area contributed by atoms with Crippen LogP contribution in [0.3, 0.4) is 0 Å². The Morgan fingerprint density at radius 1 is 0.970 bits per heavy atom. The molecular formula is C25H21N5O2S. The average Bonchev–Trinajstić information content (AvgIpc) is 3.55. The topological polar surface area (TPSA) is 69.7 Å². The van der Waals surface area contributed by atoms with Gasteiger partial charge in [0.25, 0.3) is 5.56 Å². The first kappa shape index (κ1) is 20.7. The van der Waals surface area contributed by atoms with Crippen LogP contribution in [0.15, 0.2) is 104 Å². The Kier molecular flexibility index (Phi) is 5.50. The van der Waals surface area contributed by atoms with Crippen molar-refractivity contribution in [3.63, 3.8) is 0 Å². The van der Waals surface area contributed by atoms with Crippen molar-refractivity contribution in [2.45, 2.75) is 6.92 Å². The molecule has 164 valence electrons. The highest BCUT2D eigenvalue weighted by atomic mass is 32.1. The molecule has 0 spiro atoms. The number of thiazole rings is 1. The molecule has 0 bridgehead atoms. The SMILES string of the molecule is Cc1c(N=c2scc(-c3ccccc3)n2N=Cc2ccco2)c(=O)n(-c2ccccc2)n1C. The lowest BCUT2D eigenvalue weighted by atomic mass is 10.2. The second kappa shape index (κ2) is 8.76. The van der Waals surface area contributed by atoms with Gasteiger partial charge in [0.05, 0.1) is 29.6 Å². The summed E-state index contributed by atoms with van der Waals surface area (Å²) in [5, 5.41) is 6.61. The summed E-state index contributed by atoms with van der Waals surface area (Å²) in [6.45, 7) is 1.89. The van der Waals surface area contributed by atoms with Crippen molar-refractivity contribution < 1.29 is 4.42 Å². The molecule has 0 atom stereocenters. The summed E-state index contributed by atoms with van der Waals surface area (Å²) >= 11 is 1.43. The third-order valence-corrected chi connectivity index (χ3v) is 6.15. The average molecular weight is 456 g/mol. The fourth-order valence-electron chi connectivity index (χ4n) is 3.55. The minimum absolute atomic E-state index is 0.183. The maximum absolute atomic E-state index is 13.3. The molecule has 0 unspecified atom stereocenters. The van der Waals surface area contributed by atoms with Gasteiger partial charge in [-0.1, -0.05) is 48.5 Å². The minimum Gasteiger partial charge on any atom is -0.463 e. The van der Waals surface area contributed by atoms with Gasteiger partial charge in [0.15, 0.2) is 5.69 Å². The number of hydrogen-bond acceptors (Lipinski definition) is 5. The van der Waals surface area contributed by atoms with Crippen LogP contribution in [-0.4, -0.2) is 20.3 Å². The minimum atomic E-state index is -0.183. The lowest BCUT2D eigenvalue weighted by Crippen LogP contribution is -2.19. The second-order valence-electron chi connectivity index (χ2n) is 7.36. The zero-order valence-electron chi connectivity index (χ0n) is 18.1. The second-order valence-corrected chi connectivity index (χ2v) is 8.20. The first-order valence-electron chi connectivity index (χ1n) is 10.4. The normalized spacial score (nSPS) is 12.1. The Hall–Kier alpha value is -4.17. The van der Waals surface area contributed by atoms with E-state index >= 15 is 0 Å². The Labute approximate surface area is 193 Å². The van der Waals surface area contributed by atoms with E-state index in [1.54, 1.807) is 21.8 Å². The fourth-order valence-corrected chi connectivity index (χ4v) is 4.40. The summed E-state index contributed by atoms with van der Waals surface area (Å²) in [6, 6.07) is 23.1. The first-order chi connectivity index (χ1) is 16.1. The molecule has 3 heterocycles. The Morgan fingerprint density at radius 2 is 1.70 bits per heavy atom. The highest BCUT2D eigenvalue weighted by molar-refractivity contribution is 7.07. The van der Waals surface area contributed by atoms with Gasteiger partial charge in [-0.2, -0.15) is 5.10 Å². The van der Waals surface area contributed by atoms with Gasteiger partial charge < -0.3 is 4.42 Å². The van der Waals surface area contributed by atoms with Gasteiger partial charge in [-0.3, -0.25) is 9.48 Å². The lowest BCUT2D eigenvalue weighted by molar-refractivity contribution is 0.559. The fraction of sp³-hybridized carbons (Fsp3) is 0.0800. The summed E-state index contributed by atoms with van der Waals surface area (Å²) in [5.41, 5.74) is 3.62. The number of nitrogens with zero attached hydrogens (tertiary/aromatic N) is 5. The van der Waals surface area contributed by atoms with Gasteiger partial charge in [0.1, 0.15) is 5.76 Å². The molecule has 2 aromatic carbocycles. The molecule has 0 aliphatic heterocycles. The summed E-state index contributed by atoms with van der Waals surface area (Å²) in [5.74, 6) is 0.626. The highest BCUT2D eigenvalue weighted by Gasteiger charge is 2.16. The monoisotopic (exact) mass is 455 g/mol. The quantitative estimate of drug-likeness (QED) is 0.360. The van der Waals surface area contributed by atoms with E-state index in [0.717, 1.165) is 22.6 Å². The van der Waals surface area contributed by atoms with Crippen LogP contribution in [0, 0.1) is 6.92 Å². The predicted octanol–water partition coefficient (Wildman–Crippen LogP) is 4.72. The smallest absolute Gasteiger partial charge is 0.297 e. The summed E-state index contributed by atoms with van der Waals surface area (Å²) in [4.78, 5) is 18.7. The number of para-hydroxylation sites is 1. The molecular weight excluding hydrogens is 434 g/mol. The third kappa shape index (κ3) is 3.92. The van der Waals surface area contributed by atoms with Crippen molar-refractivity contribution >= 4 is 23.2 Å². The largest absolute Gasteiger partial charge is 0.463 e. The van der Waals surface area contributed by atoms with Gasteiger partial charge in [-0.25, -0.2) is 14.4 Å². The summed E-state index contributed by atoms with van der Waals surface area (Å²) in [7, 11) is 1.86. The van der Waals surface area contributed by atoms with Crippen molar-refractivity contribution in [3.05, 3.63) is 111 Å². The van der Waals surface area contributed by atoms with Crippen LogP contribution >= 0.6 is 11.3 Å². The lowest BCUT2D eigenvalue weighted by Gasteiger charge is -2.07. The molecule has 0 fully saturated rings. The molecule has 0 N–H and O–H groups in total. The predicted molar refractivity (Wildman–Crippen MR) is 130 cm³/mol. The van der Waals surface area contributed by atoms with Crippen LogP contribution in [0.1, 0.15) is 11.5 Å². The van der Waals surface area contributed by atoms with E-state index in [9.17, 15) is 4.79 Å². The molecule has 0 aliphatic carbocycles. The van der Waals surface area contributed by atoms with Crippen molar-refractivity contribution in [2.24, 2.45) is 17.1 Å². The van der Waals surface area contributed by atoms with E-state index in [4.69, 9.17) is 9.41 Å². The van der Waals surface area contributed by atoms with Gasteiger partial charge >= 0.3 is 0 Å². The molecule has 7 nitrogen and oxygen atoms in total. The molecule has 0 amide bonds. The van der Waals surface area contributed by atoms with Crippen LogP contribution in [-0.2, 0) is 7.05 Å². The van der Waals surface area contributed by atoms with Crippen molar-refractivity contribution in [2.75, 3.05) is 0 Å². The molecule has 33 heavy (non-hydrogen) atoms. The van der Waals surface area contributed by atoms with E-state index in [1.165, 1.54) is 11.3 Å². The summed E-state index contributed by atoms with van der Waals surface area (Å²) < 4.78 is 10.6. The molecule has 5 aromatic rings. The Balaban J connectivity index is 1.70. The number of benzene rings is 2. The molecule has 8 heteroatoms. The van der Waals surface area contributed by atoms with E-state index in [0.29, 0.717) is 16.2 Å². The summed E-state index contributed by atoms with van der Waals surface area (Å²) in [6.07, 6.45) is 3.24. The van der Waals surface area contributed by atoms with Gasteiger partial charge in [0.2, 0.25) is 4.80 Å². The maximum Gasteiger partial charge on any atom is 0.297 e. The zero-order valence-corrected chi connectivity index (χ0v) is 18.9. The molecule has 0 radical (unpaired) electrons. The maximum atomic E-state index is 13.3. The molecule has 0 saturated carbocycles. The van der Waals surface area contributed by atoms with Crippen molar-refractivity contribution in [3.8, 4) is 16.9 Å². The Morgan fingerprint density at radius 3 is 2.39 bits per heavy atom. The molecule has 0 aliphatic rings. The van der Waals surface area contributed by atoms with Crippen LogP contribution in [0.2, 0.25) is 0 Å². The van der Waals surface area contributed by atoms with Crippen molar-refractivity contribution in [1.82, 2.24) is 14.0 Å². The van der Waals surface area contributed by atoms with Gasteiger partial charge in [-0.05, 0) is 31.2 Å². The number of hydrogen-bond donors (Lipinski definition) is 0. The molecule has 0 saturated heterocycles. The van der Waals surface area contributed by atoms with E-state index in [1.807, 2.05) is 96.8 Å². The van der Waals surface area contributed by atoms with Gasteiger partial charge in [0, 0.05) is 18.0 Å². The van der Waals surface area contributed by atoms with Crippen LogP contribution in [0.4, 0.5) is 5.69 Å². The first-order valence-corrected chi connectivity index (χ1v) is 11.2. The molecule has 3 aromatic heterocycles. The standard InChI is InChI=1S/C25H21N5O2S/c1-18-23(24(31)30(28(18)2)20-12-7-4-8-13-20)27-25-29(26-16-21-14-9-15-32-21)22(17-33-25)19-10-5-3-6-11-19/h3-17H,1-2H3. The Bertz CT molecular complexity index is 1540. The van der Waals surface area contributed by atoms with E-state index < -0.39 is 0 Å². The van der Waals surface area contributed by atoms with E-state index in [-0.39, 0.29) is 5.56 Å². The zero-order chi connectivity index (χ0) is 22.8. The van der Waals surface area contributed by atoms with E-state index in [2.05, 4.69) is 5.10 Å². The van der Waals surface area contributed by atoms with Crippen LogP contribution < -0.4 is 10.4 Å². The van der Waals surface area contributed by atoms with Gasteiger partial charge in [-0.15, -0.1) is 11.3 Å². The third-order valence-electron chi connectivity index (χ3n) is 5.33.